The standard InChI is InChI=1S/C10H8BrN3S/c11-9-5-13-6-14-10(9)15-8-3-1-7(12)2-4-8/h1-6H,12H2. The van der Waals surface area contributed by atoms with Crippen molar-refractivity contribution in [2.24, 2.45) is 0 Å². The summed E-state index contributed by atoms with van der Waals surface area (Å²) in [6.45, 7) is 0. The SMILES string of the molecule is Nc1ccc(Sc2ncncc2Br)cc1. The molecule has 0 bridgehead atoms. The fraction of sp³-hybridized carbons (Fsp3) is 0. The lowest BCUT2D eigenvalue weighted by Crippen LogP contribution is -1.85. The van der Waals surface area contributed by atoms with E-state index in [4.69, 9.17) is 5.73 Å². The Labute approximate surface area is 100 Å². The van der Waals surface area contributed by atoms with Crippen molar-refractivity contribution >= 4 is 33.4 Å². The molecule has 5 heteroatoms. The molecular formula is C10H8BrN3S. The van der Waals surface area contributed by atoms with Gasteiger partial charge in [-0.1, -0.05) is 11.8 Å². The van der Waals surface area contributed by atoms with Crippen LogP contribution in [-0.4, -0.2) is 9.97 Å². The van der Waals surface area contributed by atoms with Gasteiger partial charge < -0.3 is 5.73 Å². The van der Waals surface area contributed by atoms with Gasteiger partial charge in [0, 0.05) is 16.8 Å². The van der Waals surface area contributed by atoms with E-state index in [1.54, 1.807) is 18.0 Å². The minimum Gasteiger partial charge on any atom is -0.399 e. The van der Waals surface area contributed by atoms with Crippen LogP contribution in [0.25, 0.3) is 0 Å². The maximum Gasteiger partial charge on any atom is 0.118 e. The van der Waals surface area contributed by atoms with Crippen LogP contribution in [0.5, 0.6) is 0 Å². The van der Waals surface area contributed by atoms with Crippen molar-refractivity contribution in [3.8, 4) is 0 Å². The van der Waals surface area contributed by atoms with Crippen LogP contribution >= 0.6 is 27.7 Å². The molecule has 0 spiro atoms. The summed E-state index contributed by atoms with van der Waals surface area (Å²) < 4.78 is 0.895. The first-order valence-corrected chi connectivity index (χ1v) is 5.85. The van der Waals surface area contributed by atoms with Crippen molar-refractivity contribution in [3.05, 3.63) is 41.3 Å². The Balaban J connectivity index is 2.22. The Bertz CT molecular complexity index is 458. The molecule has 0 fully saturated rings. The van der Waals surface area contributed by atoms with Gasteiger partial charge in [-0.3, -0.25) is 0 Å². The highest BCUT2D eigenvalue weighted by molar-refractivity contribution is 9.10. The van der Waals surface area contributed by atoms with E-state index in [1.807, 2.05) is 24.3 Å². The van der Waals surface area contributed by atoms with Crippen LogP contribution in [0.15, 0.2) is 51.2 Å². The van der Waals surface area contributed by atoms with E-state index < -0.39 is 0 Å². The van der Waals surface area contributed by atoms with Gasteiger partial charge in [-0.15, -0.1) is 0 Å². The van der Waals surface area contributed by atoms with Crippen LogP contribution < -0.4 is 5.73 Å². The molecule has 0 aliphatic heterocycles. The number of aromatic nitrogens is 2. The van der Waals surface area contributed by atoms with E-state index in [0.29, 0.717) is 0 Å². The molecule has 0 unspecified atom stereocenters. The zero-order valence-corrected chi connectivity index (χ0v) is 10.1. The average Bonchev–Trinajstić information content (AvgIpc) is 2.25. The number of benzene rings is 1. The van der Waals surface area contributed by atoms with Gasteiger partial charge in [0.2, 0.25) is 0 Å². The number of nitrogen functional groups attached to an aromatic ring is 1. The summed E-state index contributed by atoms with van der Waals surface area (Å²) in [6.07, 6.45) is 3.26. The minimum absolute atomic E-state index is 0.765. The summed E-state index contributed by atoms with van der Waals surface area (Å²) in [4.78, 5) is 9.18. The van der Waals surface area contributed by atoms with Gasteiger partial charge in [0.25, 0.3) is 0 Å². The third-order valence-corrected chi connectivity index (χ3v) is 3.60. The molecule has 1 aromatic heterocycles. The maximum absolute atomic E-state index is 5.61. The maximum atomic E-state index is 5.61. The Morgan fingerprint density at radius 2 is 1.93 bits per heavy atom. The lowest BCUT2D eigenvalue weighted by atomic mass is 10.3. The smallest absolute Gasteiger partial charge is 0.118 e. The van der Waals surface area contributed by atoms with Gasteiger partial charge in [-0.2, -0.15) is 0 Å². The lowest BCUT2D eigenvalue weighted by molar-refractivity contribution is 1.02. The predicted octanol–water partition coefficient (Wildman–Crippen LogP) is 2.97. The Morgan fingerprint density at radius 3 is 2.60 bits per heavy atom. The molecule has 0 aliphatic rings. The quantitative estimate of drug-likeness (QED) is 0.679. The Hall–Kier alpha value is -1.07. The van der Waals surface area contributed by atoms with E-state index >= 15 is 0 Å². The first kappa shape index (κ1) is 10.4. The summed E-state index contributed by atoms with van der Waals surface area (Å²) in [5.41, 5.74) is 6.37. The van der Waals surface area contributed by atoms with Crippen molar-refractivity contribution in [1.82, 2.24) is 9.97 Å². The van der Waals surface area contributed by atoms with Crippen LogP contribution in [0.4, 0.5) is 5.69 Å². The fourth-order valence-electron chi connectivity index (χ4n) is 1.02. The third-order valence-electron chi connectivity index (χ3n) is 1.73. The topological polar surface area (TPSA) is 51.8 Å². The summed E-state index contributed by atoms with van der Waals surface area (Å²) >= 11 is 4.97. The fourth-order valence-corrected chi connectivity index (χ4v) is 2.23. The number of anilines is 1. The molecule has 0 aliphatic carbocycles. The monoisotopic (exact) mass is 281 g/mol. The van der Waals surface area contributed by atoms with Crippen molar-refractivity contribution in [3.63, 3.8) is 0 Å². The van der Waals surface area contributed by atoms with E-state index in [0.717, 1.165) is 20.1 Å². The molecule has 3 nitrogen and oxygen atoms in total. The highest BCUT2D eigenvalue weighted by Gasteiger charge is 2.02. The van der Waals surface area contributed by atoms with E-state index in [9.17, 15) is 0 Å². The minimum atomic E-state index is 0.765. The molecule has 0 atom stereocenters. The zero-order valence-electron chi connectivity index (χ0n) is 7.72. The molecule has 0 saturated carbocycles. The Morgan fingerprint density at radius 1 is 1.20 bits per heavy atom. The summed E-state index contributed by atoms with van der Waals surface area (Å²) in [5, 5.41) is 0.898. The second-order valence-corrected chi connectivity index (χ2v) is 4.76. The second-order valence-electron chi connectivity index (χ2n) is 2.85. The average molecular weight is 282 g/mol. The van der Waals surface area contributed by atoms with Crippen LogP contribution in [0, 0.1) is 0 Å². The largest absolute Gasteiger partial charge is 0.399 e. The molecule has 1 heterocycles. The Kier molecular flexibility index (Phi) is 3.23. The first-order valence-electron chi connectivity index (χ1n) is 4.24. The molecule has 2 rings (SSSR count). The van der Waals surface area contributed by atoms with Crippen LogP contribution in [-0.2, 0) is 0 Å². The van der Waals surface area contributed by atoms with Gasteiger partial charge in [-0.25, -0.2) is 9.97 Å². The van der Waals surface area contributed by atoms with Gasteiger partial charge in [-0.05, 0) is 40.2 Å². The highest BCUT2D eigenvalue weighted by atomic mass is 79.9. The molecule has 15 heavy (non-hydrogen) atoms. The number of hydrogen-bond acceptors (Lipinski definition) is 4. The van der Waals surface area contributed by atoms with Crippen molar-refractivity contribution in [2.45, 2.75) is 9.92 Å². The molecule has 76 valence electrons. The van der Waals surface area contributed by atoms with Gasteiger partial charge in [0.1, 0.15) is 11.4 Å². The number of nitrogens with two attached hydrogens (primary N) is 1. The summed E-state index contributed by atoms with van der Waals surface area (Å²) in [5.74, 6) is 0. The lowest BCUT2D eigenvalue weighted by Gasteiger charge is -2.02. The second kappa shape index (κ2) is 4.63. The predicted molar refractivity (Wildman–Crippen MR) is 64.7 cm³/mol. The molecular weight excluding hydrogens is 274 g/mol. The zero-order chi connectivity index (χ0) is 10.7. The molecule has 0 saturated heterocycles. The van der Waals surface area contributed by atoms with Gasteiger partial charge in [0.05, 0.1) is 4.47 Å². The van der Waals surface area contributed by atoms with E-state index in [2.05, 4.69) is 25.9 Å². The number of rotatable bonds is 2. The van der Waals surface area contributed by atoms with Crippen molar-refractivity contribution < 1.29 is 0 Å². The molecule has 2 N–H and O–H groups in total. The van der Waals surface area contributed by atoms with E-state index in [-0.39, 0.29) is 0 Å². The molecule has 1 aromatic carbocycles. The molecule has 0 radical (unpaired) electrons. The van der Waals surface area contributed by atoms with Crippen molar-refractivity contribution in [2.75, 3.05) is 5.73 Å². The third kappa shape index (κ3) is 2.70. The number of nitrogens with zero attached hydrogens (tertiary/aromatic N) is 2. The number of hydrogen-bond donors (Lipinski definition) is 1. The summed E-state index contributed by atoms with van der Waals surface area (Å²) in [7, 11) is 0. The van der Waals surface area contributed by atoms with E-state index in [1.165, 1.54) is 6.33 Å². The molecule has 0 amide bonds. The van der Waals surface area contributed by atoms with Crippen LogP contribution in [0.1, 0.15) is 0 Å². The number of halogens is 1. The van der Waals surface area contributed by atoms with Crippen molar-refractivity contribution in [1.29, 1.82) is 0 Å². The van der Waals surface area contributed by atoms with Gasteiger partial charge in [0.15, 0.2) is 0 Å². The highest BCUT2D eigenvalue weighted by Crippen LogP contribution is 2.31. The van der Waals surface area contributed by atoms with Gasteiger partial charge >= 0.3 is 0 Å². The summed E-state index contributed by atoms with van der Waals surface area (Å²) in [6, 6.07) is 7.68. The first-order chi connectivity index (χ1) is 7.25. The molecule has 2 aromatic rings. The van der Waals surface area contributed by atoms with Crippen LogP contribution in [0.3, 0.4) is 0 Å². The normalized spacial score (nSPS) is 10.2. The van der Waals surface area contributed by atoms with Crippen LogP contribution in [0.2, 0.25) is 0 Å².